The third-order valence-corrected chi connectivity index (χ3v) is 6.32. The predicted molar refractivity (Wildman–Crippen MR) is 106 cm³/mol. The van der Waals surface area contributed by atoms with Crippen LogP contribution in [-0.4, -0.2) is 27.4 Å². The summed E-state index contributed by atoms with van der Waals surface area (Å²) in [5.41, 5.74) is 1.60. The van der Waals surface area contributed by atoms with Gasteiger partial charge in [0.15, 0.2) is 0 Å². The Morgan fingerprint density at radius 3 is 2.56 bits per heavy atom. The average molecular weight is 387 g/mol. The van der Waals surface area contributed by atoms with Crippen LogP contribution in [0.25, 0.3) is 0 Å². The lowest BCUT2D eigenvalue weighted by Crippen LogP contribution is -2.27. The van der Waals surface area contributed by atoms with Crippen LogP contribution in [0.3, 0.4) is 0 Å². The lowest BCUT2D eigenvalue weighted by Gasteiger charge is -2.13. The number of hydrogen-bond donors (Lipinski definition) is 2. The predicted octanol–water partition coefficient (Wildman–Crippen LogP) is 3.30. The first-order valence-electron chi connectivity index (χ1n) is 9.38. The first-order valence-corrected chi connectivity index (χ1v) is 10.9. The highest BCUT2D eigenvalue weighted by molar-refractivity contribution is 7.89. The Morgan fingerprint density at radius 2 is 1.85 bits per heavy atom. The highest BCUT2D eigenvalue weighted by Crippen LogP contribution is 2.28. The van der Waals surface area contributed by atoms with Crippen molar-refractivity contribution < 1.29 is 13.2 Å². The Hall–Kier alpha value is -2.18. The van der Waals surface area contributed by atoms with Crippen molar-refractivity contribution in [3.63, 3.8) is 0 Å². The van der Waals surface area contributed by atoms with Gasteiger partial charge in [0, 0.05) is 18.7 Å². The van der Waals surface area contributed by atoms with E-state index in [2.05, 4.69) is 29.1 Å². The van der Waals surface area contributed by atoms with E-state index in [1.165, 1.54) is 17.7 Å². The fourth-order valence-electron chi connectivity index (χ4n) is 2.89. The summed E-state index contributed by atoms with van der Waals surface area (Å²) in [5.74, 6) is 0.539. The van der Waals surface area contributed by atoms with Crippen LogP contribution in [-0.2, 0) is 10.0 Å². The highest BCUT2D eigenvalue weighted by Gasteiger charge is 2.24. The van der Waals surface area contributed by atoms with Crippen LogP contribution in [0.1, 0.15) is 48.0 Å². The molecule has 144 valence electrons. The van der Waals surface area contributed by atoms with Crippen molar-refractivity contribution in [3.05, 3.63) is 65.7 Å². The largest absolute Gasteiger partial charge is 0.352 e. The summed E-state index contributed by atoms with van der Waals surface area (Å²) in [6, 6.07) is 16.3. The van der Waals surface area contributed by atoms with E-state index in [1.54, 1.807) is 12.1 Å². The number of benzene rings is 2. The highest BCUT2D eigenvalue weighted by atomic mass is 32.2. The lowest BCUT2D eigenvalue weighted by atomic mass is 9.98. The molecular weight excluding hydrogens is 360 g/mol. The molecule has 1 aliphatic rings. The van der Waals surface area contributed by atoms with Gasteiger partial charge in [-0.1, -0.05) is 43.3 Å². The SMILES string of the molecule is CC(CCNC(=O)c1cccc(S(=O)(=O)NCC2CC2)c1)c1ccccc1. The molecule has 1 unspecified atom stereocenters. The Morgan fingerprint density at radius 1 is 1.11 bits per heavy atom. The minimum Gasteiger partial charge on any atom is -0.352 e. The number of carbonyl (C=O) groups is 1. The number of rotatable bonds is 9. The monoisotopic (exact) mass is 386 g/mol. The Kier molecular flexibility index (Phi) is 6.29. The summed E-state index contributed by atoms with van der Waals surface area (Å²) in [6.07, 6.45) is 2.97. The van der Waals surface area contributed by atoms with E-state index in [4.69, 9.17) is 0 Å². The summed E-state index contributed by atoms with van der Waals surface area (Å²) in [7, 11) is -3.57. The van der Waals surface area contributed by atoms with Gasteiger partial charge in [-0.15, -0.1) is 0 Å². The van der Waals surface area contributed by atoms with Gasteiger partial charge in [-0.2, -0.15) is 0 Å². The molecule has 5 nitrogen and oxygen atoms in total. The summed E-state index contributed by atoms with van der Waals surface area (Å²) in [4.78, 5) is 12.5. The molecule has 0 saturated heterocycles. The molecule has 1 fully saturated rings. The van der Waals surface area contributed by atoms with E-state index < -0.39 is 10.0 Å². The second-order valence-corrected chi connectivity index (χ2v) is 8.95. The molecule has 3 rings (SSSR count). The van der Waals surface area contributed by atoms with Gasteiger partial charge in [-0.3, -0.25) is 4.79 Å². The molecule has 2 N–H and O–H groups in total. The van der Waals surface area contributed by atoms with E-state index in [9.17, 15) is 13.2 Å². The maximum atomic E-state index is 12.4. The van der Waals surface area contributed by atoms with E-state index in [1.807, 2.05) is 18.2 Å². The van der Waals surface area contributed by atoms with Crippen molar-refractivity contribution in [3.8, 4) is 0 Å². The van der Waals surface area contributed by atoms with Gasteiger partial charge in [0.1, 0.15) is 0 Å². The first kappa shape index (κ1) is 19.6. The zero-order valence-electron chi connectivity index (χ0n) is 15.5. The molecule has 1 aliphatic carbocycles. The smallest absolute Gasteiger partial charge is 0.251 e. The molecule has 2 aromatic rings. The van der Waals surface area contributed by atoms with Crippen LogP contribution in [0.5, 0.6) is 0 Å². The Bertz CT molecular complexity index is 877. The van der Waals surface area contributed by atoms with Crippen molar-refractivity contribution in [1.82, 2.24) is 10.0 Å². The lowest BCUT2D eigenvalue weighted by molar-refractivity contribution is 0.0952. The maximum absolute atomic E-state index is 12.4. The van der Waals surface area contributed by atoms with Gasteiger partial charge >= 0.3 is 0 Å². The summed E-state index contributed by atoms with van der Waals surface area (Å²) in [6.45, 7) is 3.13. The van der Waals surface area contributed by atoms with Crippen LogP contribution in [0.4, 0.5) is 0 Å². The minimum atomic E-state index is -3.57. The Balaban J connectivity index is 1.55. The molecule has 0 radical (unpaired) electrons. The van der Waals surface area contributed by atoms with Crippen molar-refractivity contribution in [2.24, 2.45) is 5.92 Å². The third-order valence-electron chi connectivity index (χ3n) is 4.90. The van der Waals surface area contributed by atoms with Crippen LogP contribution >= 0.6 is 0 Å². The number of carbonyl (C=O) groups excluding carboxylic acids is 1. The van der Waals surface area contributed by atoms with E-state index >= 15 is 0 Å². The summed E-state index contributed by atoms with van der Waals surface area (Å²) in [5, 5.41) is 2.88. The molecule has 0 spiro atoms. The quantitative estimate of drug-likeness (QED) is 0.694. The fourth-order valence-corrected chi connectivity index (χ4v) is 4.05. The van der Waals surface area contributed by atoms with Crippen molar-refractivity contribution in [2.75, 3.05) is 13.1 Å². The molecule has 27 heavy (non-hydrogen) atoms. The van der Waals surface area contributed by atoms with Gasteiger partial charge in [-0.25, -0.2) is 13.1 Å². The molecule has 6 heteroatoms. The third kappa shape index (κ3) is 5.65. The molecule has 0 aromatic heterocycles. The molecule has 0 aliphatic heterocycles. The molecule has 0 heterocycles. The van der Waals surface area contributed by atoms with Crippen molar-refractivity contribution in [1.29, 1.82) is 0 Å². The average Bonchev–Trinajstić information content (AvgIpc) is 3.52. The Labute approximate surface area is 161 Å². The van der Waals surface area contributed by atoms with E-state index in [-0.39, 0.29) is 10.8 Å². The number of amides is 1. The normalized spacial score (nSPS) is 15.3. The van der Waals surface area contributed by atoms with Gasteiger partial charge in [0.2, 0.25) is 10.0 Å². The first-order chi connectivity index (χ1) is 13.0. The molecular formula is C21H26N2O3S. The summed E-state index contributed by atoms with van der Waals surface area (Å²) >= 11 is 0. The van der Waals surface area contributed by atoms with Gasteiger partial charge in [-0.05, 0) is 54.9 Å². The summed E-state index contributed by atoms with van der Waals surface area (Å²) < 4.78 is 27.3. The second-order valence-electron chi connectivity index (χ2n) is 7.18. The maximum Gasteiger partial charge on any atom is 0.251 e. The molecule has 1 amide bonds. The molecule has 1 atom stereocenters. The topological polar surface area (TPSA) is 75.3 Å². The fraction of sp³-hybridized carbons (Fsp3) is 0.381. The molecule has 1 saturated carbocycles. The van der Waals surface area contributed by atoms with Crippen LogP contribution in [0.2, 0.25) is 0 Å². The van der Waals surface area contributed by atoms with Crippen LogP contribution in [0, 0.1) is 5.92 Å². The number of sulfonamides is 1. The van der Waals surface area contributed by atoms with Gasteiger partial charge in [0.05, 0.1) is 4.90 Å². The van der Waals surface area contributed by atoms with Gasteiger partial charge < -0.3 is 5.32 Å². The number of hydrogen-bond acceptors (Lipinski definition) is 3. The molecule has 2 aromatic carbocycles. The van der Waals surface area contributed by atoms with Crippen molar-refractivity contribution >= 4 is 15.9 Å². The second kappa shape index (κ2) is 8.67. The standard InChI is InChI=1S/C21H26N2O3S/c1-16(18-6-3-2-4-7-18)12-13-22-21(24)19-8-5-9-20(14-19)27(25,26)23-15-17-10-11-17/h2-9,14,16-17,23H,10-13,15H2,1H3,(H,22,24). The zero-order valence-corrected chi connectivity index (χ0v) is 16.3. The van der Waals surface area contributed by atoms with E-state index in [0.717, 1.165) is 19.3 Å². The van der Waals surface area contributed by atoms with Crippen LogP contribution in [0.15, 0.2) is 59.5 Å². The van der Waals surface area contributed by atoms with Gasteiger partial charge in [0.25, 0.3) is 5.91 Å². The van der Waals surface area contributed by atoms with Crippen molar-refractivity contribution in [2.45, 2.75) is 37.0 Å². The molecule has 0 bridgehead atoms. The van der Waals surface area contributed by atoms with E-state index in [0.29, 0.717) is 30.5 Å². The minimum absolute atomic E-state index is 0.133. The number of nitrogens with one attached hydrogen (secondary N) is 2. The van der Waals surface area contributed by atoms with Crippen LogP contribution < -0.4 is 10.0 Å². The zero-order chi connectivity index (χ0) is 19.3.